The Morgan fingerprint density at radius 2 is 1.67 bits per heavy atom. The average Bonchev–Trinajstić information content (AvgIpc) is 3.35. The van der Waals surface area contributed by atoms with Crippen molar-refractivity contribution < 1.29 is 62.2 Å². The van der Waals surface area contributed by atoms with Gasteiger partial charge in [0.15, 0.2) is 29.7 Å². The van der Waals surface area contributed by atoms with E-state index in [1.807, 2.05) is 0 Å². The van der Waals surface area contributed by atoms with Crippen molar-refractivity contribution in [1.29, 1.82) is 0 Å². The monoisotopic (exact) mass is 642 g/mol. The molecule has 1 N–H and O–H groups in total. The van der Waals surface area contributed by atoms with Crippen molar-refractivity contribution in [3.05, 3.63) is 47.0 Å². The Bertz CT molecular complexity index is 1530. The van der Waals surface area contributed by atoms with Gasteiger partial charge in [0.05, 0.1) is 29.6 Å². The van der Waals surface area contributed by atoms with Gasteiger partial charge in [-0.1, -0.05) is 32.0 Å². The number of rotatable bonds is 5. The number of carbonyl (C=O) groups is 5. The van der Waals surface area contributed by atoms with Gasteiger partial charge < -0.3 is 38.3 Å². The molecule has 0 aromatic heterocycles. The van der Waals surface area contributed by atoms with E-state index < -0.39 is 94.4 Å². The lowest BCUT2D eigenvalue weighted by Gasteiger charge is -2.67. The van der Waals surface area contributed by atoms with Crippen molar-refractivity contribution >= 4 is 29.8 Å². The maximum Gasteiger partial charge on any atom is 0.509 e. The molecular weight excluding hydrogens is 604 g/mol. The van der Waals surface area contributed by atoms with Crippen LogP contribution in [0.1, 0.15) is 58.3 Å². The minimum atomic E-state index is -2.04. The van der Waals surface area contributed by atoms with Crippen LogP contribution in [0.25, 0.3) is 0 Å². The number of hydrogen-bond acceptors (Lipinski definition) is 13. The fourth-order valence-electron chi connectivity index (χ4n) is 8.97. The van der Waals surface area contributed by atoms with Crippen LogP contribution in [-0.4, -0.2) is 96.5 Å². The lowest BCUT2D eigenvalue weighted by atomic mass is 9.44. The molecule has 2 saturated carbocycles. The molecule has 6 rings (SSSR count). The highest BCUT2D eigenvalue weighted by Crippen LogP contribution is 2.66. The molecule has 2 aliphatic heterocycles. The summed E-state index contributed by atoms with van der Waals surface area (Å²) in [5.41, 5.74) is -6.33. The number of carbonyl (C=O) groups excluding carboxylic acids is 5. The molecule has 248 valence electrons. The van der Waals surface area contributed by atoms with E-state index in [1.54, 1.807) is 45.9 Å². The molecule has 0 amide bonds. The van der Waals surface area contributed by atoms with Gasteiger partial charge in [0.25, 0.3) is 0 Å². The first-order chi connectivity index (χ1) is 21.6. The predicted octanol–water partition coefficient (Wildman–Crippen LogP) is 2.46. The second kappa shape index (κ2) is 10.6. The lowest BCUT2D eigenvalue weighted by Crippen LogP contribution is -2.83. The molecule has 46 heavy (non-hydrogen) atoms. The number of aliphatic hydroxyl groups is 1. The Balaban J connectivity index is 1.73. The minimum Gasteiger partial charge on any atom is -0.454 e. The largest absolute Gasteiger partial charge is 0.509 e. The Morgan fingerprint density at radius 3 is 2.24 bits per heavy atom. The molecule has 2 bridgehead atoms. The van der Waals surface area contributed by atoms with E-state index in [-0.39, 0.29) is 29.7 Å². The maximum absolute atomic E-state index is 15.2. The van der Waals surface area contributed by atoms with Crippen LogP contribution in [0.5, 0.6) is 0 Å². The van der Waals surface area contributed by atoms with Crippen molar-refractivity contribution in [2.45, 2.75) is 95.8 Å². The van der Waals surface area contributed by atoms with E-state index in [0.717, 1.165) is 6.92 Å². The zero-order valence-electron chi connectivity index (χ0n) is 26.7. The zero-order chi connectivity index (χ0) is 33.6. The Labute approximate surface area is 265 Å². The van der Waals surface area contributed by atoms with Crippen LogP contribution in [-0.2, 0) is 47.5 Å². The molecule has 13 nitrogen and oxygen atoms in total. The summed E-state index contributed by atoms with van der Waals surface area (Å²) in [4.78, 5) is 68.0. The Kier molecular flexibility index (Phi) is 7.41. The number of methoxy groups -OCH3 is 1. The van der Waals surface area contributed by atoms with E-state index in [4.69, 9.17) is 33.2 Å². The van der Waals surface area contributed by atoms with Crippen LogP contribution in [0.3, 0.4) is 0 Å². The molecule has 2 heterocycles. The standard InChI is InChI=1S/C33H38O13/c1-15-21-23(42-16(2)34)25(37)31(6)19(40-7)13-20-32(14-41-20,45-17(3)35)24(31)27(43-28(38)18-11-9-8-10-12-18)33(30(21,4)5)26(22(15)36)44-29(39)46-33/h8-12,19-20,22-24,26-27,36H,13-14H2,1-7H3/t19-,20+,22?,23+,24?,26-,27?,31+,32-,33+/m0/s1. The second-order valence-electron chi connectivity index (χ2n) is 13.5. The summed E-state index contributed by atoms with van der Waals surface area (Å²) in [5, 5.41) is 11.8. The van der Waals surface area contributed by atoms with Crippen LogP contribution in [0.15, 0.2) is 41.5 Å². The highest BCUT2D eigenvalue weighted by Gasteiger charge is 2.83. The lowest BCUT2D eigenvalue weighted by molar-refractivity contribution is -0.347. The van der Waals surface area contributed by atoms with E-state index >= 15 is 4.79 Å². The summed E-state index contributed by atoms with van der Waals surface area (Å²) in [6.07, 6.45) is -9.06. The SMILES string of the molecule is CO[C@H]1C[C@H]2OC[C@@]2(OC(C)=O)C2C(OC(=O)c3ccccc3)[C@]34OC(=O)O[C@H]3C(O)C(C)=C([C@@H](OC(C)=O)C(=O)[C@@]21C)C4(C)C. The molecule has 0 radical (unpaired) electrons. The molecule has 10 atom stereocenters. The average molecular weight is 643 g/mol. The molecule has 3 aliphatic carbocycles. The quantitative estimate of drug-likeness (QED) is 0.283. The van der Waals surface area contributed by atoms with Gasteiger partial charge in [-0.2, -0.15) is 0 Å². The van der Waals surface area contributed by atoms with Gasteiger partial charge in [0.1, 0.15) is 12.2 Å². The van der Waals surface area contributed by atoms with E-state index in [9.17, 15) is 24.3 Å². The predicted molar refractivity (Wildman–Crippen MR) is 154 cm³/mol. The second-order valence-corrected chi connectivity index (χ2v) is 13.5. The highest BCUT2D eigenvalue weighted by molar-refractivity contribution is 5.96. The summed E-state index contributed by atoms with van der Waals surface area (Å²) in [6.45, 7) is 8.59. The topological polar surface area (TPSA) is 170 Å². The summed E-state index contributed by atoms with van der Waals surface area (Å²) < 4.78 is 42.0. The smallest absolute Gasteiger partial charge is 0.454 e. The van der Waals surface area contributed by atoms with Crippen LogP contribution >= 0.6 is 0 Å². The van der Waals surface area contributed by atoms with Crippen molar-refractivity contribution in [1.82, 2.24) is 0 Å². The number of Topliss-reactive ketones (excluding diaryl/α,β-unsaturated/α-hetero) is 1. The number of benzene rings is 1. The maximum atomic E-state index is 15.2. The first-order valence-electron chi connectivity index (χ1n) is 15.2. The van der Waals surface area contributed by atoms with Crippen LogP contribution < -0.4 is 0 Å². The van der Waals surface area contributed by atoms with Gasteiger partial charge in [-0.05, 0) is 37.1 Å². The third kappa shape index (κ3) is 4.07. The first kappa shape index (κ1) is 32.1. The fraction of sp³-hybridized carbons (Fsp3) is 0.606. The zero-order valence-corrected chi connectivity index (χ0v) is 26.7. The number of fused-ring (bicyclic) bond motifs is 4. The molecule has 5 aliphatic rings. The summed E-state index contributed by atoms with van der Waals surface area (Å²) in [5.74, 6) is -4.27. The first-order valence-corrected chi connectivity index (χ1v) is 15.2. The van der Waals surface area contributed by atoms with Gasteiger partial charge >= 0.3 is 24.1 Å². The van der Waals surface area contributed by atoms with Crippen LogP contribution in [0, 0.1) is 16.7 Å². The van der Waals surface area contributed by atoms with Gasteiger partial charge in [-0.15, -0.1) is 0 Å². The molecule has 4 fully saturated rings. The van der Waals surface area contributed by atoms with Crippen molar-refractivity contribution in [2.75, 3.05) is 13.7 Å². The van der Waals surface area contributed by atoms with Crippen molar-refractivity contribution in [2.24, 2.45) is 16.7 Å². The number of ether oxygens (including phenoxy) is 7. The summed E-state index contributed by atoms with van der Waals surface area (Å²) in [7, 11) is 1.40. The number of ketones is 1. The molecular formula is C33H38O13. The summed E-state index contributed by atoms with van der Waals surface area (Å²) >= 11 is 0. The van der Waals surface area contributed by atoms with Gasteiger partial charge in [-0.25, -0.2) is 9.59 Å². The molecule has 1 aromatic carbocycles. The van der Waals surface area contributed by atoms with E-state index in [2.05, 4.69) is 0 Å². The fourth-order valence-corrected chi connectivity index (χ4v) is 8.97. The normalized spacial score (nSPS) is 40.4. The highest BCUT2D eigenvalue weighted by atomic mass is 16.8. The van der Waals surface area contributed by atoms with Crippen molar-refractivity contribution in [3.63, 3.8) is 0 Å². The third-order valence-electron chi connectivity index (χ3n) is 10.9. The number of esters is 3. The number of hydrogen-bond donors (Lipinski definition) is 1. The van der Waals surface area contributed by atoms with Gasteiger partial charge in [0.2, 0.25) is 5.60 Å². The van der Waals surface area contributed by atoms with Gasteiger partial charge in [-0.3, -0.25) is 14.4 Å². The van der Waals surface area contributed by atoms with E-state index in [0.29, 0.717) is 0 Å². The summed E-state index contributed by atoms with van der Waals surface area (Å²) in [6, 6.07) is 8.07. The minimum absolute atomic E-state index is 0.0887. The van der Waals surface area contributed by atoms with E-state index in [1.165, 1.54) is 26.2 Å². The van der Waals surface area contributed by atoms with Gasteiger partial charge in [0, 0.05) is 32.8 Å². The molecule has 2 saturated heterocycles. The Hall–Kier alpha value is -3.81. The molecule has 1 aromatic rings. The Morgan fingerprint density at radius 1 is 1.00 bits per heavy atom. The molecule has 13 heteroatoms. The molecule has 3 unspecified atom stereocenters. The van der Waals surface area contributed by atoms with Crippen LogP contribution in [0.4, 0.5) is 4.79 Å². The van der Waals surface area contributed by atoms with Crippen molar-refractivity contribution in [3.8, 4) is 0 Å². The van der Waals surface area contributed by atoms with Crippen LogP contribution in [0.2, 0.25) is 0 Å². The number of aliphatic hydroxyl groups excluding tert-OH is 1. The third-order valence-corrected chi connectivity index (χ3v) is 10.9. The molecule has 1 spiro atoms.